The first-order chi connectivity index (χ1) is 16.2. The van der Waals surface area contributed by atoms with Crippen LogP contribution >= 0.6 is 0 Å². The van der Waals surface area contributed by atoms with E-state index in [1.807, 2.05) is 6.07 Å². The molecule has 34 heavy (non-hydrogen) atoms. The predicted molar refractivity (Wildman–Crippen MR) is 121 cm³/mol. The van der Waals surface area contributed by atoms with Crippen LogP contribution in [0.5, 0.6) is 0 Å². The molecule has 0 radical (unpaired) electrons. The van der Waals surface area contributed by atoms with E-state index in [1.165, 1.54) is 6.08 Å². The number of hydrogen-bond donors (Lipinski definition) is 3. The van der Waals surface area contributed by atoms with Crippen molar-refractivity contribution in [3.63, 3.8) is 0 Å². The molecule has 3 N–H and O–H groups in total. The van der Waals surface area contributed by atoms with Crippen LogP contribution < -0.4 is 10.6 Å². The molecule has 1 amide bonds. The number of alkyl halides is 4. The molecule has 1 aliphatic rings. The number of imidazole rings is 1. The predicted octanol–water partition coefficient (Wildman–Crippen LogP) is 4.52. The number of anilines is 1. The van der Waals surface area contributed by atoms with Gasteiger partial charge in [-0.05, 0) is 36.2 Å². The zero-order chi connectivity index (χ0) is 24.5. The minimum Gasteiger partial charge on any atom is -0.392 e. The topological polar surface area (TPSA) is 78.7 Å². The van der Waals surface area contributed by atoms with E-state index in [2.05, 4.69) is 15.6 Å². The molecule has 4 rings (SSSR count). The SMILES string of the molecule is Cc1cc(-c2cnc3c(NCCC(F)(F)F)cc(/C=C\CO)cn23)ccc1C(=O)N[C@@H]1C[C@H]1F. The molecule has 3 aromatic rings. The summed E-state index contributed by atoms with van der Waals surface area (Å²) < 4.78 is 52.7. The van der Waals surface area contributed by atoms with Crippen LogP contribution in [0, 0.1) is 6.92 Å². The van der Waals surface area contributed by atoms with Crippen molar-refractivity contribution in [3.8, 4) is 11.3 Å². The number of benzene rings is 1. The quantitative estimate of drug-likeness (QED) is 0.418. The summed E-state index contributed by atoms with van der Waals surface area (Å²) in [7, 11) is 0. The summed E-state index contributed by atoms with van der Waals surface area (Å²) in [4.78, 5) is 16.8. The van der Waals surface area contributed by atoms with Gasteiger partial charge in [0.05, 0.1) is 36.6 Å². The molecule has 10 heteroatoms. The molecule has 1 fully saturated rings. The number of rotatable bonds is 8. The summed E-state index contributed by atoms with van der Waals surface area (Å²) in [5, 5.41) is 14.6. The first-order valence-corrected chi connectivity index (χ1v) is 10.8. The van der Waals surface area contributed by atoms with Gasteiger partial charge in [-0.1, -0.05) is 18.2 Å². The molecule has 2 atom stereocenters. The number of nitrogens with zero attached hydrogens (tertiary/aromatic N) is 2. The molecule has 1 saturated carbocycles. The van der Waals surface area contributed by atoms with Gasteiger partial charge < -0.3 is 15.7 Å². The highest BCUT2D eigenvalue weighted by Gasteiger charge is 2.38. The van der Waals surface area contributed by atoms with E-state index >= 15 is 0 Å². The molecular formula is C24H24F4N4O2. The molecule has 2 heterocycles. The summed E-state index contributed by atoms with van der Waals surface area (Å²) in [5.41, 5.74) is 4.09. The number of aliphatic hydroxyl groups excluding tert-OH is 1. The fourth-order valence-corrected chi connectivity index (χ4v) is 3.71. The Hall–Kier alpha value is -3.40. The summed E-state index contributed by atoms with van der Waals surface area (Å²) >= 11 is 0. The molecule has 0 spiro atoms. The molecule has 0 unspecified atom stereocenters. The van der Waals surface area contributed by atoms with Gasteiger partial charge in [0.2, 0.25) is 0 Å². The normalized spacial score (nSPS) is 17.9. The lowest BCUT2D eigenvalue weighted by molar-refractivity contribution is -0.131. The Kier molecular flexibility index (Phi) is 6.60. The van der Waals surface area contributed by atoms with Crippen molar-refractivity contribution >= 4 is 23.3 Å². The van der Waals surface area contributed by atoms with E-state index in [1.54, 1.807) is 48.0 Å². The van der Waals surface area contributed by atoms with Crippen molar-refractivity contribution in [2.75, 3.05) is 18.5 Å². The van der Waals surface area contributed by atoms with Crippen molar-refractivity contribution in [1.82, 2.24) is 14.7 Å². The Morgan fingerprint density at radius 2 is 2.09 bits per heavy atom. The van der Waals surface area contributed by atoms with E-state index in [4.69, 9.17) is 5.11 Å². The van der Waals surface area contributed by atoms with Crippen molar-refractivity contribution in [3.05, 3.63) is 59.4 Å². The summed E-state index contributed by atoms with van der Waals surface area (Å²) in [6.07, 6.45) is 0.625. The number of aryl methyl sites for hydroxylation is 1. The monoisotopic (exact) mass is 476 g/mol. The van der Waals surface area contributed by atoms with Crippen LogP contribution in [0.3, 0.4) is 0 Å². The molecule has 180 valence electrons. The summed E-state index contributed by atoms with van der Waals surface area (Å²) in [6.45, 7) is 1.29. The second-order valence-electron chi connectivity index (χ2n) is 8.26. The van der Waals surface area contributed by atoms with Crippen LogP contribution in [0.4, 0.5) is 23.2 Å². The number of carbonyl (C=O) groups excluding carboxylic acids is 1. The zero-order valence-corrected chi connectivity index (χ0v) is 18.4. The van der Waals surface area contributed by atoms with Gasteiger partial charge in [0.25, 0.3) is 5.91 Å². The molecule has 1 aliphatic carbocycles. The van der Waals surface area contributed by atoms with Crippen molar-refractivity contribution in [2.45, 2.75) is 38.2 Å². The number of fused-ring (bicyclic) bond motifs is 1. The Morgan fingerprint density at radius 1 is 1.32 bits per heavy atom. The number of nitrogens with one attached hydrogen (secondary N) is 2. The largest absolute Gasteiger partial charge is 0.392 e. The Morgan fingerprint density at radius 3 is 2.74 bits per heavy atom. The Bertz CT molecular complexity index is 1240. The number of carbonyl (C=O) groups is 1. The van der Waals surface area contributed by atoms with Crippen molar-refractivity contribution < 1.29 is 27.5 Å². The Balaban J connectivity index is 1.67. The van der Waals surface area contributed by atoms with E-state index in [0.29, 0.717) is 40.1 Å². The zero-order valence-electron chi connectivity index (χ0n) is 18.4. The van der Waals surface area contributed by atoms with E-state index < -0.39 is 24.8 Å². The smallest absolute Gasteiger partial charge is 0.390 e. The van der Waals surface area contributed by atoms with Crippen LogP contribution in [0.1, 0.15) is 34.3 Å². The first-order valence-electron chi connectivity index (χ1n) is 10.8. The van der Waals surface area contributed by atoms with Crippen LogP contribution in [-0.4, -0.2) is 51.9 Å². The summed E-state index contributed by atoms with van der Waals surface area (Å²) in [5.74, 6) is -0.333. The number of hydrogen-bond acceptors (Lipinski definition) is 4. The van der Waals surface area contributed by atoms with Gasteiger partial charge in [0.1, 0.15) is 6.17 Å². The lowest BCUT2D eigenvalue weighted by Crippen LogP contribution is -2.27. The third kappa shape index (κ3) is 5.39. The second kappa shape index (κ2) is 9.46. The van der Waals surface area contributed by atoms with Crippen molar-refractivity contribution in [2.24, 2.45) is 0 Å². The molecule has 6 nitrogen and oxygen atoms in total. The molecule has 0 aliphatic heterocycles. The molecule has 0 bridgehead atoms. The van der Waals surface area contributed by atoms with Gasteiger partial charge in [-0.15, -0.1) is 0 Å². The Labute approximate surface area is 193 Å². The minimum absolute atomic E-state index is 0.182. The molecule has 1 aromatic carbocycles. The van der Waals surface area contributed by atoms with Crippen LogP contribution in [0.2, 0.25) is 0 Å². The number of halogens is 4. The maximum absolute atomic E-state index is 13.1. The number of amides is 1. The van der Waals surface area contributed by atoms with Gasteiger partial charge in [-0.3, -0.25) is 9.20 Å². The van der Waals surface area contributed by atoms with E-state index in [-0.39, 0.29) is 19.1 Å². The third-order valence-corrected chi connectivity index (χ3v) is 5.56. The highest BCUT2D eigenvalue weighted by Crippen LogP contribution is 2.29. The van der Waals surface area contributed by atoms with Crippen LogP contribution in [0.25, 0.3) is 23.0 Å². The third-order valence-electron chi connectivity index (χ3n) is 5.56. The van der Waals surface area contributed by atoms with Gasteiger partial charge in [0.15, 0.2) is 5.65 Å². The van der Waals surface area contributed by atoms with E-state index in [0.717, 1.165) is 5.56 Å². The molecule has 2 aromatic heterocycles. The molecule has 0 saturated heterocycles. The highest BCUT2D eigenvalue weighted by atomic mass is 19.4. The van der Waals surface area contributed by atoms with Gasteiger partial charge in [-0.2, -0.15) is 13.2 Å². The molecular weight excluding hydrogens is 452 g/mol. The van der Waals surface area contributed by atoms with Gasteiger partial charge in [-0.25, -0.2) is 9.37 Å². The highest BCUT2D eigenvalue weighted by molar-refractivity contribution is 5.96. The standard InChI is InChI=1S/C24H24F4N4O2/c1-14-9-16(4-5-17(14)23(34)31-19-11-18(19)25)21-12-30-22-20(29-7-6-24(26,27)28)10-15(3-2-8-33)13-32(21)22/h2-5,9-10,12-13,18-19,29,33H,6-8,11H2,1H3,(H,31,34)/b3-2-/t18-,19-/m1/s1. The average Bonchev–Trinajstić information content (AvgIpc) is 3.28. The average molecular weight is 476 g/mol. The van der Waals surface area contributed by atoms with Crippen LogP contribution in [0.15, 0.2) is 42.7 Å². The van der Waals surface area contributed by atoms with Gasteiger partial charge in [0, 0.05) is 30.3 Å². The fourth-order valence-electron chi connectivity index (χ4n) is 3.71. The second-order valence-corrected chi connectivity index (χ2v) is 8.26. The number of aliphatic hydroxyl groups is 1. The van der Waals surface area contributed by atoms with Gasteiger partial charge >= 0.3 is 6.18 Å². The lowest BCUT2D eigenvalue weighted by atomic mass is 10.0. The minimum atomic E-state index is -4.28. The number of pyridine rings is 1. The fraction of sp³-hybridized carbons (Fsp3) is 0.333. The van der Waals surface area contributed by atoms with Crippen molar-refractivity contribution in [1.29, 1.82) is 0 Å². The summed E-state index contributed by atoms with van der Waals surface area (Å²) in [6, 6.07) is 6.46. The number of aromatic nitrogens is 2. The maximum Gasteiger partial charge on any atom is 0.390 e. The van der Waals surface area contributed by atoms with E-state index in [9.17, 15) is 22.4 Å². The maximum atomic E-state index is 13.1. The first kappa shape index (κ1) is 23.7. The van der Waals surface area contributed by atoms with Crippen LogP contribution in [-0.2, 0) is 0 Å². The lowest BCUT2D eigenvalue weighted by Gasteiger charge is -2.13.